The van der Waals surface area contributed by atoms with Gasteiger partial charge in [-0.3, -0.25) is 0 Å². The Bertz CT molecular complexity index is 140. The first-order valence-electron chi connectivity index (χ1n) is 4.20. The second-order valence-corrected chi connectivity index (χ2v) is 3.00. The van der Waals surface area contributed by atoms with Crippen LogP contribution in [-0.4, -0.2) is 24.9 Å². The number of methoxy groups -OCH3 is 1. The second kappa shape index (κ2) is 4.52. The summed E-state index contributed by atoms with van der Waals surface area (Å²) in [7, 11) is 1.67. The van der Waals surface area contributed by atoms with E-state index in [2.05, 4.69) is 0 Å². The van der Waals surface area contributed by atoms with Gasteiger partial charge < -0.3 is 9.84 Å². The van der Waals surface area contributed by atoms with Crippen molar-refractivity contribution in [1.29, 1.82) is 0 Å². The standard InChI is InChI=1S/C9H16O2/c1-11-7-6-8-4-2-3-5-9(8)10/h6,9-10H,2-5,7H2,1H3/b8-6+. The molecule has 0 spiro atoms. The molecule has 2 heteroatoms. The number of hydrogen-bond donors (Lipinski definition) is 1. The summed E-state index contributed by atoms with van der Waals surface area (Å²) < 4.78 is 4.91. The molecule has 0 radical (unpaired) electrons. The molecule has 0 saturated heterocycles. The summed E-state index contributed by atoms with van der Waals surface area (Å²) in [6.45, 7) is 0.631. The van der Waals surface area contributed by atoms with Gasteiger partial charge in [0, 0.05) is 7.11 Å². The zero-order valence-corrected chi connectivity index (χ0v) is 7.05. The lowest BCUT2D eigenvalue weighted by atomic mass is 9.92. The fourth-order valence-corrected chi connectivity index (χ4v) is 1.45. The first kappa shape index (κ1) is 8.75. The molecule has 0 aromatic heterocycles. The molecule has 0 aromatic rings. The maximum absolute atomic E-state index is 9.47. The van der Waals surface area contributed by atoms with Gasteiger partial charge in [-0.05, 0) is 24.8 Å². The van der Waals surface area contributed by atoms with Gasteiger partial charge in [0.2, 0.25) is 0 Å². The maximum atomic E-state index is 9.47. The Morgan fingerprint density at radius 1 is 1.64 bits per heavy atom. The first-order chi connectivity index (χ1) is 5.34. The van der Waals surface area contributed by atoms with E-state index >= 15 is 0 Å². The predicted octanol–water partition coefficient (Wildman–Crippen LogP) is 1.49. The van der Waals surface area contributed by atoms with E-state index in [9.17, 15) is 5.11 Å². The summed E-state index contributed by atoms with van der Waals surface area (Å²) in [5.41, 5.74) is 1.16. The van der Waals surface area contributed by atoms with Crippen molar-refractivity contribution >= 4 is 0 Å². The number of aliphatic hydroxyl groups excluding tert-OH is 1. The third-order valence-corrected chi connectivity index (χ3v) is 2.13. The molecule has 2 nitrogen and oxygen atoms in total. The summed E-state index contributed by atoms with van der Waals surface area (Å²) in [6.07, 6.45) is 6.15. The van der Waals surface area contributed by atoms with Crippen molar-refractivity contribution in [3.63, 3.8) is 0 Å². The van der Waals surface area contributed by atoms with Crippen molar-refractivity contribution in [2.75, 3.05) is 13.7 Å². The molecular weight excluding hydrogens is 140 g/mol. The first-order valence-corrected chi connectivity index (χ1v) is 4.20. The molecule has 0 aromatic carbocycles. The fourth-order valence-electron chi connectivity index (χ4n) is 1.45. The van der Waals surface area contributed by atoms with E-state index in [-0.39, 0.29) is 6.10 Å². The summed E-state index contributed by atoms with van der Waals surface area (Å²) in [6, 6.07) is 0. The molecule has 1 atom stereocenters. The minimum atomic E-state index is -0.195. The monoisotopic (exact) mass is 156 g/mol. The molecule has 0 aliphatic heterocycles. The van der Waals surface area contributed by atoms with E-state index in [0.29, 0.717) is 6.61 Å². The van der Waals surface area contributed by atoms with Gasteiger partial charge in [-0.1, -0.05) is 12.5 Å². The summed E-state index contributed by atoms with van der Waals surface area (Å²) in [5, 5.41) is 9.47. The topological polar surface area (TPSA) is 29.5 Å². The highest BCUT2D eigenvalue weighted by Crippen LogP contribution is 2.22. The van der Waals surface area contributed by atoms with E-state index in [1.165, 1.54) is 6.42 Å². The molecule has 0 amide bonds. The van der Waals surface area contributed by atoms with Crippen molar-refractivity contribution < 1.29 is 9.84 Å². The van der Waals surface area contributed by atoms with Crippen LogP contribution >= 0.6 is 0 Å². The van der Waals surface area contributed by atoms with Crippen LogP contribution in [-0.2, 0) is 4.74 Å². The normalized spacial score (nSPS) is 29.3. The minimum Gasteiger partial charge on any atom is -0.389 e. The van der Waals surface area contributed by atoms with Crippen LogP contribution in [0.15, 0.2) is 11.6 Å². The average Bonchev–Trinajstić information content (AvgIpc) is 2.03. The molecule has 0 bridgehead atoms. The molecule has 11 heavy (non-hydrogen) atoms. The summed E-state index contributed by atoms with van der Waals surface area (Å²) in [4.78, 5) is 0. The quantitative estimate of drug-likeness (QED) is 0.614. The molecule has 1 N–H and O–H groups in total. The van der Waals surface area contributed by atoms with Gasteiger partial charge in [0.1, 0.15) is 0 Å². The van der Waals surface area contributed by atoms with Gasteiger partial charge in [0.15, 0.2) is 0 Å². The lowest BCUT2D eigenvalue weighted by Crippen LogP contribution is -2.15. The van der Waals surface area contributed by atoms with E-state index in [1.807, 2.05) is 6.08 Å². The Morgan fingerprint density at radius 2 is 2.45 bits per heavy atom. The van der Waals surface area contributed by atoms with E-state index in [1.54, 1.807) is 7.11 Å². The highest BCUT2D eigenvalue weighted by atomic mass is 16.5. The zero-order chi connectivity index (χ0) is 8.10. The Balaban J connectivity index is 2.40. The van der Waals surface area contributed by atoms with Crippen molar-refractivity contribution in [3.8, 4) is 0 Å². The number of hydrogen-bond acceptors (Lipinski definition) is 2. The van der Waals surface area contributed by atoms with Crippen LogP contribution in [0.4, 0.5) is 0 Å². The summed E-state index contributed by atoms with van der Waals surface area (Å²) >= 11 is 0. The molecule has 64 valence electrons. The van der Waals surface area contributed by atoms with Crippen LogP contribution in [0.3, 0.4) is 0 Å². The smallest absolute Gasteiger partial charge is 0.0750 e. The molecule has 1 aliphatic rings. The van der Waals surface area contributed by atoms with Crippen LogP contribution < -0.4 is 0 Å². The van der Waals surface area contributed by atoms with Gasteiger partial charge in [-0.15, -0.1) is 0 Å². The molecule has 1 rings (SSSR count). The van der Waals surface area contributed by atoms with Crippen molar-refractivity contribution in [1.82, 2.24) is 0 Å². The largest absolute Gasteiger partial charge is 0.389 e. The van der Waals surface area contributed by atoms with Gasteiger partial charge in [-0.25, -0.2) is 0 Å². The van der Waals surface area contributed by atoms with Crippen molar-refractivity contribution in [2.24, 2.45) is 0 Å². The number of aliphatic hydroxyl groups is 1. The number of rotatable bonds is 2. The summed E-state index contributed by atoms with van der Waals surface area (Å²) in [5.74, 6) is 0. The van der Waals surface area contributed by atoms with E-state index < -0.39 is 0 Å². The second-order valence-electron chi connectivity index (χ2n) is 3.00. The third-order valence-electron chi connectivity index (χ3n) is 2.13. The van der Waals surface area contributed by atoms with Crippen molar-refractivity contribution in [2.45, 2.75) is 31.8 Å². The van der Waals surface area contributed by atoms with Crippen LogP contribution in [0, 0.1) is 0 Å². The Labute approximate surface area is 67.9 Å². The van der Waals surface area contributed by atoms with Crippen LogP contribution in [0.25, 0.3) is 0 Å². The van der Waals surface area contributed by atoms with E-state index in [0.717, 1.165) is 24.8 Å². The lowest BCUT2D eigenvalue weighted by molar-refractivity contribution is 0.174. The highest BCUT2D eigenvalue weighted by Gasteiger charge is 2.14. The lowest BCUT2D eigenvalue weighted by Gasteiger charge is -2.20. The minimum absolute atomic E-state index is 0.195. The Hall–Kier alpha value is -0.340. The Kier molecular flexibility index (Phi) is 3.60. The Morgan fingerprint density at radius 3 is 3.09 bits per heavy atom. The molecule has 1 saturated carbocycles. The van der Waals surface area contributed by atoms with Gasteiger partial charge in [0.25, 0.3) is 0 Å². The number of ether oxygens (including phenoxy) is 1. The molecular formula is C9H16O2. The van der Waals surface area contributed by atoms with Crippen LogP contribution in [0.1, 0.15) is 25.7 Å². The predicted molar refractivity (Wildman–Crippen MR) is 44.4 cm³/mol. The van der Waals surface area contributed by atoms with Crippen LogP contribution in [0.2, 0.25) is 0 Å². The van der Waals surface area contributed by atoms with Crippen LogP contribution in [0.5, 0.6) is 0 Å². The van der Waals surface area contributed by atoms with E-state index in [4.69, 9.17) is 4.74 Å². The maximum Gasteiger partial charge on any atom is 0.0750 e. The molecule has 0 heterocycles. The molecule has 1 unspecified atom stereocenters. The molecule has 1 fully saturated rings. The van der Waals surface area contributed by atoms with Gasteiger partial charge in [0.05, 0.1) is 12.7 Å². The highest BCUT2D eigenvalue weighted by molar-refractivity contribution is 5.10. The SMILES string of the molecule is COC/C=C1\CCCCC1O. The van der Waals surface area contributed by atoms with Gasteiger partial charge in [-0.2, -0.15) is 0 Å². The van der Waals surface area contributed by atoms with Gasteiger partial charge >= 0.3 is 0 Å². The average molecular weight is 156 g/mol. The van der Waals surface area contributed by atoms with Crippen molar-refractivity contribution in [3.05, 3.63) is 11.6 Å². The molecule has 1 aliphatic carbocycles. The zero-order valence-electron chi connectivity index (χ0n) is 7.05. The fraction of sp³-hybridized carbons (Fsp3) is 0.778. The third kappa shape index (κ3) is 2.64.